The second-order valence-electron chi connectivity index (χ2n) is 7.29. The van der Waals surface area contributed by atoms with Gasteiger partial charge in [-0.3, -0.25) is 9.59 Å². The fraction of sp³-hybridized carbons (Fsp3) is 0.391. The zero-order valence-corrected chi connectivity index (χ0v) is 18.7. The maximum absolute atomic E-state index is 13.2. The first-order chi connectivity index (χ1) is 13.3. The summed E-state index contributed by atoms with van der Waals surface area (Å²) in [7, 11) is 0. The highest BCUT2D eigenvalue weighted by Gasteiger charge is 2.26. The normalized spacial score (nSPS) is 11.8. The summed E-state index contributed by atoms with van der Waals surface area (Å²) < 4.78 is 0.984. The third-order valence-corrected chi connectivity index (χ3v) is 5.15. The molecule has 2 aromatic carbocycles. The van der Waals surface area contributed by atoms with Gasteiger partial charge in [-0.15, -0.1) is 0 Å². The van der Waals surface area contributed by atoms with Gasteiger partial charge < -0.3 is 10.2 Å². The molecule has 0 spiro atoms. The molecule has 0 saturated carbocycles. The highest BCUT2D eigenvalue weighted by molar-refractivity contribution is 9.10. The molecule has 0 fully saturated rings. The molecule has 0 aliphatic heterocycles. The molecule has 0 aromatic heterocycles. The minimum absolute atomic E-state index is 0.0490. The number of aryl methyl sites for hydroxylation is 2. The molecule has 150 valence electrons. The van der Waals surface area contributed by atoms with E-state index < -0.39 is 6.04 Å². The summed E-state index contributed by atoms with van der Waals surface area (Å²) in [5.74, 6) is -0.167. The summed E-state index contributed by atoms with van der Waals surface area (Å²) >= 11 is 3.43. The first kappa shape index (κ1) is 22.2. The van der Waals surface area contributed by atoms with Crippen molar-refractivity contribution in [3.63, 3.8) is 0 Å². The van der Waals surface area contributed by atoms with E-state index in [1.54, 1.807) is 11.8 Å². The van der Waals surface area contributed by atoms with Crippen molar-refractivity contribution in [1.82, 2.24) is 10.2 Å². The summed E-state index contributed by atoms with van der Waals surface area (Å²) in [5.41, 5.74) is 4.24. The van der Waals surface area contributed by atoms with E-state index in [0.29, 0.717) is 13.1 Å². The zero-order valence-electron chi connectivity index (χ0n) is 17.1. The number of rotatable bonds is 8. The van der Waals surface area contributed by atoms with Crippen LogP contribution < -0.4 is 5.32 Å². The minimum atomic E-state index is -0.534. The Morgan fingerprint density at radius 1 is 1.04 bits per heavy atom. The minimum Gasteiger partial charge on any atom is -0.354 e. The lowest BCUT2D eigenvalue weighted by atomic mass is 10.0. The predicted octanol–water partition coefficient (Wildman–Crippen LogP) is 4.55. The summed E-state index contributed by atoms with van der Waals surface area (Å²) in [6.07, 6.45) is 1.14. The number of nitrogens with one attached hydrogen (secondary N) is 1. The lowest BCUT2D eigenvalue weighted by Gasteiger charge is -2.29. The molecular formula is C23H29BrN2O2. The van der Waals surface area contributed by atoms with E-state index in [1.165, 1.54) is 0 Å². The van der Waals surface area contributed by atoms with E-state index in [0.717, 1.165) is 33.1 Å². The van der Waals surface area contributed by atoms with Crippen molar-refractivity contribution in [2.45, 2.75) is 53.1 Å². The van der Waals surface area contributed by atoms with Crippen LogP contribution in [0.25, 0.3) is 0 Å². The standard InChI is InChI=1S/C23H29BrN2O2/c1-5-10-25-23(28)18(4)26(15-19-6-8-21(24)9-7-19)22(27)14-20-12-16(2)11-17(3)13-20/h6-9,11-13,18H,5,10,14-15H2,1-4H3,(H,25,28)/t18-/m1/s1. The molecule has 0 aliphatic rings. The van der Waals surface area contributed by atoms with Crippen LogP contribution in [0, 0.1) is 13.8 Å². The van der Waals surface area contributed by atoms with Gasteiger partial charge >= 0.3 is 0 Å². The Morgan fingerprint density at radius 2 is 1.64 bits per heavy atom. The average molecular weight is 445 g/mol. The molecule has 2 rings (SSSR count). The number of carbonyl (C=O) groups excluding carboxylic acids is 2. The molecule has 0 unspecified atom stereocenters. The van der Waals surface area contributed by atoms with E-state index in [1.807, 2.05) is 57.2 Å². The van der Waals surface area contributed by atoms with Crippen LogP contribution in [0.15, 0.2) is 46.9 Å². The van der Waals surface area contributed by atoms with Crippen LogP contribution in [0.3, 0.4) is 0 Å². The van der Waals surface area contributed by atoms with Crippen LogP contribution >= 0.6 is 15.9 Å². The highest BCUT2D eigenvalue weighted by atomic mass is 79.9. The number of benzene rings is 2. The van der Waals surface area contributed by atoms with Crippen molar-refractivity contribution in [3.8, 4) is 0 Å². The van der Waals surface area contributed by atoms with E-state index in [2.05, 4.69) is 27.3 Å². The highest BCUT2D eigenvalue weighted by Crippen LogP contribution is 2.16. The van der Waals surface area contributed by atoms with Crippen molar-refractivity contribution < 1.29 is 9.59 Å². The molecule has 4 nitrogen and oxygen atoms in total. The Balaban J connectivity index is 2.23. The second kappa shape index (κ2) is 10.4. The predicted molar refractivity (Wildman–Crippen MR) is 117 cm³/mol. The van der Waals surface area contributed by atoms with Gasteiger partial charge in [-0.2, -0.15) is 0 Å². The van der Waals surface area contributed by atoms with Gasteiger partial charge in [0.2, 0.25) is 11.8 Å². The molecule has 2 amide bonds. The average Bonchev–Trinajstić information content (AvgIpc) is 2.64. The van der Waals surface area contributed by atoms with Gasteiger partial charge in [0.25, 0.3) is 0 Å². The maximum atomic E-state index is 13.2. The van der Waals surface area contributed by atoms with Crippen LogP contribution in [0.2, 0.25) is 0 Å². The number of carbonyl (C=O) groups is 2. The van der Waals surface area contributed by atoms with Gasteiger partial charge in [-0.25, -0.2) is 0 Å². The van der Waals surface area contributed by atoms with Crippen molar-refractivity contribution in [2.75, 3.05) is 6.54 Å². The largest absolute Gasteiger partial charge is 0.354 e. The van der Waals surface area contributed by atoms with E-state index in [4.69, 9.17) is 0 Å². The molecule has 0 radical (unpaired) electrons. The topological polar surface area (TPSA) is 49.4 Å². The maximum Gasteiger partial charge on any atom is 0.242 e. The molecule has 5 heteroatoms. The van der Waals surface area contributed by atoms with Gasteiger partial charge in [0.05, 0.1) is 6.42 Å². The molecule has 2 aromatic rings. The van der Waals surface area contributed by atoms with Crippen molar-refractivity contribution in [2.24, 2.45) is 0 Å². The molecule has 0 bridgehead atoms. The van der Waals surface area contributed by atoms with Crippen LogP contribution in [0.4, 0.5) is 0 Å². The lowest BCUT2D eigenvalue weighted by Crippen LogP contribution is -2.48. The Hall–Kier alpha value is -2.14. The smallest absolute Gasteiger partial charge is 0.242 e. The Morgan fingerprint density at radius 3 is 2.21 bits per heavy atom. The molecule has 1 atom stereocenters. The Labute approximate surface area is 176 Å². The number of amides is 2. The third kappa shape index (κ3) is 6.48. The summed E-state index contributed by atoms with van der Waals surface area (Å²) in [6, 6.07) is 13.5. The molecular weight excluding hydrogens is 416 g/mol. The molecule has 0 saturated heterocycles. The number of halogens is 1. The second-order valence-corrected chi connectivity index (χ2v) is 8.20. The molecule has 28 heavy (non-hydrogen) atoms. The fourth-order valence-corrected chi connectivity index (χ4v) is 3.48. The first-order valence-corrected chi connectivity index (χ1v) is 10.5. The molecule has 0 aliphatic carbocycles. The monoisotopic (exact) mass is 444 g/mol. The van der Waals surface area contributed by atoms with Crippen LogP contribution in [0.5, 0.6) is 0 Å². The van der Waals surface area contributed by atoms with Gasteiger partial charge in [0.15, 0.2) is 0 Å². The first-order valence-electron chi connectivity index (χ1n) is 9.69. The van der Waals surface area contributed by atoms with Crippen LogP contribution in [-0.2, 0) is 22.6 Å². The SMILES string of the molecule is CCCNC(=O)[C@@H](C)N(Cc1ccc(Br)cc1)C(=O)Cc1cc(C)cc(C)c1. The number of hydrogen-bond acceptors (Lipinski definition) is 2. The van der Waals surface area contributed by atoms with Crippen LogP contribution in [0.1, 0.15) is 42.5 Å². The lowest BCUT2D eigenvalue weighted by molar-refractivity contribution is -0.140. The fourth-order valence-electron chi connectivity index (χ4n) is 3.21. The van der Waals surface area contributed by atoms with E-state index in [-0.39, 0.29) is 18.2 Å². The van der Waals surface area contributed by atoms with Crippen molar-refractivity contribution >= 4 is 27.7 Å². The quantitative estimate of drug-likeness (QED) is 0.648. The van der Waals surface area contributed by atoms with Gasteiger partial charge in [-0.05, 0) is 50.5 Å². The summed E-state index contributed by atoms with van der Waals surface area (Å²) in [6.45, 7) is 8.87. The molecule has 1 N–H and O–H groups in total. The summed E-state index contributed by atoms with van der Waals surface area (Å²) in [4.78, 5) is 27.4. The van der Waals surface area contributed by atoms with Gasteiger partial charge in [0, 0.05) is 17.6 Å². The third-order valence-electron chi connectivity index (χ3n) is 4.62. The van der Waals surface area contributed by atoms with E-state index in [9.17, 15) is 9.59 Å². The number of nitrogens with zero attached hydrogens (tertiary/aromatic N) is 1. The van der Waals surface area contributed by atoms with Crippen molar-refractivity contribution in [1.29, 1.82) is 0 Å². The van der Waals surface area contributed by atoms with Crippen LogP contribution in [-0.4, -0.2) is 29.3 Å². The zero-order chi connectivity index (χ0) is 20.7. The molecule has 0 heterocycles. The van der Waals surface area contributed by atoms with Gasteiger partial charge in [0.1, 0.15) is 6.04 Å². The summed E-state index contributed by atoms with van der Waals surface area (Å²) in [5, 5.41) is 2.90. The Kier molecular flexibility index (Phi) is 8.24. The van der Waals surface area contributed by atoms with Crippen molar-refractivity contribution in [3.05, 3.63) is 69.2 Å². The Bertz CT molecular complexity index is 798. The number of hydrogen-bond donors (Lipinski definition) is 1. The van der Waals surface area contributed by atoms with E-state index >= 15 is 0 Å². The van der Waals surface area contributed by atoms with Gasteiger partial charge in [-0.1, -0.05) is 64.3 Å².